The van der Waals surface area contributed by atoms with Gasteiger partial charge in [0, 0.05) is 44.8 Å². The molecule has 0 radical (unpaired) electrons. The molecule has 2 aliphatic rings. The van der Waals surface area contributed by atoms with Gasteiger partial charge in [-0.15, -0.1) is 0 Å². The molecule has 0 bridgehead atoms. The van der Waals surface area contributed by atoms with Gasteiger partial charge in [0.15, 0.2) is 0 Å². The van der Waals surface area contributed by atoms with Gasteiger partial charge in [-0.25, -0.2) is 0 Å². The van der Waals surface area contributed by atoms with Gasteiger partial charge >= 0.3 is 6.18 Å². The third kappa shape index (κ3) is 4.49. The average Bonchev–Trinajstić information content (AvgIpc) is 3.46. The number of thiophene rings is 1. The number of anilines is 1. The summed E-state index contributed by atoms with van der Waals surface area (Å²) in [5.74, 6) is -0.285. The SMILES string of the molecule is CN(C)C(=O)C1CC2(CCN(c3ccc(C#N)c(C(F)(F)F)c3)CC2)CN1C(=O)c1ccsc1. The van der Waals surface area contributed by atoms with Gasteiger partial charge in [-0.2, -0.15) is 29.8 Å². The van der Waals surface area contributed by atoms with E-state index in [0.29, 0.717) is 50.1 Å². The number of hydrogen-bond acceptors (Lipinski definition) is 5. The van der Waals surface area contributed by atoms with Crippen molar-refractivity contribution < 1.29 is 22.8 Å². The normalized spacial score (nSPS) is 19.8. The Bertz CT molecular complexity index is 1120. The highest BCUT2D eigenvalue weighted by atomic mass is 32.1. The highest BCUT2D eigenvalue weighted by molar-refractivity contribution is 7.08. The lowest BCUT2D eigenvalue weighted by Crippen LogP contribution is -2.45. The van der Waals surface area contributed by atoms with Crippen LogP contribution in [-0.2, 0) is 11.0 Å². The number of likely N-dealkylation sites (tertiary alicyclic amines) is 1. The number of carbonyl (C=O) groups is 2. The number of amides is 2. The minimum Gasteiger partial charge on any atom is -0.371 e. The van der Waals surface area contributed by atoms with Crippen LogP contribution >= 0.6 is 11.3 Å². The maximum absolute atomic E-state index is 13.4. The van der Waals surface area contributed by atoms with Crippen molar-refractivity contribution in [3.05, 3.63) is 51.7 Å². The maximum atomic E-state index is 13.4. The predicted molar refractivity (Wildman–Crippen MR) is 122 cm³/mol. The van der Waals surface area contributed by atoms with Gasteiger partial charge in [0.05, 0.1) is 22.8 Å². The summed E-state index contributed by atoms with van der Waals surface area (Å²) in [7, 11) is 3.35. The lowest BCUT2D eigenvalue weighted by atomic mass is 9.76. The van der Waals surface area contributed by atoms with Gasteiger partial charge in [-0.3, -0.25) is 9.59 Å². The molecule has 4 rings (SSSR count). The van der Waals surface area contributed by atoms with Crippen LogP contribution in [0.25, 0.3) is 0 Å². The molecule has 1 spiro atoms. The first-order chi connectivity index (χ1) is 16.0. The van der Waals surface area contributed by atoms with Crippen LogP contribution in [0, 0.1) is 16.7 Å². The van der Waals surface area contributed by atoms with E-state index in [2.05, 4.69) is 0 Å². The first-order valence-electron chi connectivity index (χ1n) is 11.0. The van der Waals surface area contributed by atoms with Crippen LogP contribution in [0.1, 0.15) is 40.7 Å². The van der Waals surface area contributed by atoms with Crippen molar-refractivity contribution in [2.24, 2.45) is 5.41 Å². The van der Waals surface area contributed by atoms with E-state index in [1.54, 1.807) is 42.6 Å². The van der Waals surface area contributed by atoms with E-state index in [-0.39, 0.29) is 17.2 Å². The summed E-state index contributed by atoms with van der Waals surface area (Å²) in [5.41, 5.74) is -0.608. The monoisotopic (exact) mass is 490 g/mol. The van der Waals surface area contributed by atoms with Crippen LogP contribution < -0.4 is 4.90 Å². The van der Waals surface area contributed by atoms with Crippen molar-refractivity contribution in [2.45, 2.75) is 31.5 Å². The lowest BCUT2D eigenvalue weighted by Gasteiger charge is -2.40. The second kappa shape index (κ2) is 8.95. The number of likely N-dealkylation sites (N-methyl/N-ethyl adjacent to an activating group) is 1. The van der Waals surface area contributed by atoms with Crippen molar-refractivity contribution in [1.82, 2.24) is 9.80 Å². The number of nitriles is 1. The van der Waals surface area contributed by atoms with Crippen molar-refractivity contribution >= 4 is 28.8 Å². The highest BCUT2D eigenvalue weighted by Crippen LogP contribution is 2.45. The largest absolute Gasteiger partial charge is 0.417 e. The van der Waals surface area contributed by atoms with Crippen molar-refractivity contribution in [1.29, 1.82) is 5.26 Å². The second-order valence-electron chi connectivity index (χ2n) is 9.22. The lowest BCUT2D eigenvalue weighted by molar-refractivity contribution is -0.137. The van der Waals surface area contributed by atoms with Crippen molar-refractivity contribution in [3.63, 3.8) is 0 Å². The number of hydrogen-bond donors (Lipinski definition) is 0. The molecule has 2 saturated heterocycles. The summed E-state index contributed by atoms with van der Waals surface area (Å²) in [6, 6.07) is 6.61. The smallest absolute Gasteiger partial charge is 0.371 e. The van der Waals surface area contributed by atoms with Gasteiger partial charge in [-0.1, -0.05) is 0 Å². The minimum absolute atomic E-state index is 0.121. The summed E-state index contributed by atoms with van der Waals surface area (Å²) < 4.78 is 40.2. The molecular formula is C24H25F3N4O2S. The molecule has 3 heterocycles. The zero-order valence-corrected chi connectivity index (χ0v) is 19.7. The predicted octanol–water partition coefficient (Wildman–Crippen LogP) is 4.23. The number of carbonyl (C=O) groups excluding carboxylic acids is 2. The van der Waals surface area contributed by atoms with Gasteiger partial charge < -0.3 is 14.7 Å². The molecule has 2 aliphatic heterocycles. The Balaban J connectivity index is 1.54. The Morgan fingerprint density at radius 3 is 2.47 bits per heavy atom. The molecule has 0 saturated carbocycles. The Morgan fingerprint density at radius 1 is 1.21 bits per heavy atom. The van der Waals surface area contributed by atoms with Gasteiger partial charge in [0.1, 0.15) is 6.04 Å². The number of halogens is 3. The Hall–Kier alpha value is -3.06. The summed E-state index contributed by atoms with van der Waals surface area (Å²) >= 11 is 1.42. The molecular weight excluding hydrogens is 465 g/mol. The van der Waals surface area contributed by atoms with Crippen LogP contribution in [0.5, 0.6) is 0 Å². The fourth-order valence-corrected chi connectivity index (χ4v) is 5.63. The van der Waals surface area contributed by atoms with E-state index in [1.165, 1.54) is 22.3 Å². The molecule has 2 fully saturated rings. The van der Waals surface area contributed by atoms with E-state index in [4.69, 9.17) is 5.26 Å². The molecule has 0 N–H and O–H groups in total. The zero-order valence-electron chi connectivity index (χ0n) is 18.9. The van der Waals surface area contributed by atoms with Crippen LogP contribution in [0.4, 0.5) is 18.9 Å². The van der Waals surface area contributed by atoms with Crippen LogP contribution in [0.15, 0.2) is 35.0 Å². The highest BCUT2D eigenvalue weighted by Gasteiger charge is 2.50. The topological polar surface area (TPSA) is 67.7 Å². The summed E-state index contributed by atoms with van der Waals surface area (Å²) in [4.78, 5) is 31.1. The maximum Gasteiger partial charge on any atom is 0.417 e. The number of rotatable bonds is 3. The fourth-order valence-electron chi connectivity index (χ4n) is 5.00. The van der Waals surface area contributed by atoms with Gasteiger partial charge in [0.2, 0.25) is 5.91 Å². The third-order valence-corrected chi connectivity index (χ3v) is 7.56. The molecule has 1 aromatic carbocycles. The molecule has 180 valence electrons. The molecule has 34 heavy (non-hydrogen) atoms. The molecule has 2 amide bonds. The van der Waals surface area contributed by atoms with E-state index in [9.17, 15) is 22.8 Å². The molecule has 0 aliphatic carbocycles. The molecule has 1 atom stereocenters. The Labute approximate surface area is 200 Å². The van der Waals surface area contributed by atoms with E-state index < -0.39 is 23.3 Å². The Kier molecular flexibility index (Phi) is 6.34. The van der Waals surface area contributed by atoms with Gasteiger partial charge in [-0.05, 0) is 54.3 Å². The molecule has 1 aromatic heterocycles. The van der Waals surface area contributed by atoms with E-state index in [0.717, 1.165) is 6.07 Å². The second-order valence-corrected chi connectivity index (χ2v) is 10.0. The first kappa shape index (κ1) is 24.1. The third-order valence-electron chi connectivity index (χ3n) is 6.88. The molecule has 2 aromatic rings. The average molecular weight is 491 g/mol. The van der Waals surface area contributed by atoms with E-state index >= 15 is 0 Å². The zero-order chi connectivity index (χ0) is 24.7. The number of nitrogens with zero attached hydrogens (tertiary/aromatic N) is 4. The number of piperidine rings is 1. The summed E-state index contributed by atoms with van der Waals surface area (Å²) in [5, 5.41) is 12.6. The number of benzene rings is 1. The van der Waals surface area contributed by atoms with Crippen molar-refractivity contribution in [3.8, 4) is 6.07 Å². The first-order valence-corrected chi connectivity index (χ1v) is 11.9. The summed E-state index contributed by atoms with van der Waals surface area (Å²) in [6.45, 7) is 1.46. The van der Waals surface area contributed by atoms with Crippen LogP contribution in [-0.4, -0.2) is 61.4 Å². The summed E-state index contributed by atoms with van der Waals surface area (Å²) in [6.07, 6.45) is -2.77. The number of alkyl halides is 3. The van der Waals surface area contributed by atoms with Crippen LogP contribution in [0.2, 0.25) is 0 Å². The molecule has 1 unspecified atom stereocenters. The van der Waals surface area contributed by atoms with Crippen LogP contribution in [0.3, 0.4) is 0 Å². The Morgan fingerprint density at radius 2 is 1.91 bits per heavy atom. The minimum atomic E-state index is -4.61. The quantitative estimate of drug-likeness (QED) is 0.646. The molecule has 6 nitrogen and oxygen atoms in total. The van der Waals surface area contributed by atoms with Gasteiger partial charge in [0.25, 0.3) is 5.91 Å². The molecule has 10 heteroatoms. The van der Waals surface area contributed by atoms with Crippen molar-refractivity contribution in [2.75, 3.05) is 38.6 Å². The fraction of sp³-hybridized carbons (Fsp3) is 0.458. The van der Waals surface area contributed by atoms with E-state index in [1.807, 2.05) is 10.3 Å². The standard InChI is InChI=1S/C24H25F3N4O2S/c1-29(2)22(33)20-12-23(15-31(20)21(32)17-5-10-34-14-17)6-8-30(9-7-23)18-4-3-16(13-28)19(11-18)24(25,26)27/h3-5,10-11,14,20H,6-9,12,15H2,1-2H3.